The average molecular weight is 463 g/mol. The zero-order chi connectivity index (χ0) is 22.8. The van der Waals surface area contributed by atoms with Crippen LogP contribution in [-0.4, -0.2) is 74.5 Å². The van der Waals surface area contributed by atoms with Crippen molar-refractivity contribution in [1.29, 1.82) is 0 Å². The Bertz CT molecular complexity index is 1190. The Morgan fingerprint density at radius 2 is 1.88 bits per heavy atom. The number of H-pyrrole nitrogens is 1. The summed E-state index contributed by atoms with van der Waals surface area (Å²) in [4.78, 5) is 36.2. The maximum atomic E-state index is 12.7. The van der Waals surface area contributed by atoms with Gasteiger partial charge >= 0.3 is 5.69 Å². The van der Waals surface area contributed by atoms with E-state index in [1.54, 1.807) is 35.9 Å². The van der Waals surface area contributed by atoms with Gasteiger partial charge in [0.2, 0.25) is 5.95 Å². The Morgan fingerprint density at radius 3 is 2.53 bits per heavy atom. The predicted molar refractivity (Wildman–Crippen MR) is 123 cm³/mol. The van der Waals surface area contributed by atoms with Gasteiger partial charge in [0.25, 0.3) is 5.56 Å². The first-order chi connectivity index (χ1) is 15.4. The van der Waals surface area contributed by atoms with E-state index in [0.717, 1.165) is 32.7 Å². The molecule has 0 radical (unpaired) electrons. The molecule has 0 bridgehead atoms. The zero-order valence-corrected chi connectivity index (χ0v) is 18.9. The molecule has 2 N–H and O–H groups in total. The van der Waals surface area contributed by atoms with Crippen LogP contribution in [0, 0.1) is 0 Å². The van der Waals surface area contributed by atoms with Crippen molar-refractivity contribution in [3.63, 3.8) is 0 Å². The first kappa shape index (κ1) is 22.4. The molecule has 10 nitrogen and oxygen atoms in total. The molecule has 1 aliphatic rings. The Kier molecular flexibility index (Phi) is 6.54. The number of halogens is 1. The second-order valence-electron chi connectivity index (χ2n) is 7.85. The molecule has 1 fully saturated rings. The van der Waals surface area contributed by atoms with Gasteiger partial charge < -0.3 is 24.2 Å². The summed E-state index contributed by atoms with van der Waals surface area (Å²) in [6, 6.07) is 6.86. The third-order valence-corrected chi connectivity index (χ3v) is 5.99. The van der Waals surface area contributed by atoms with E-state index in [4.69, 9.17) is 16.3 Å². The van der Waals surface area contributed by atoms with Crippen LogP contribution in [0.4, 0.5) is 5.95 Å². The van der Waals surface area contributed by atoms with Crippen LogP contribution in [0.15, 0.2) is 33.9 Å². The van der Waals surface area contributed by atoms with E-state index in [9.17, 15) is 14.7 Å². The number of rotatable bonds is 7. The fourth-order valence-corrected chi connectivity index (χ4v) is 4.01. The van der Waals surface area contributed by atoms with Crippen molar-refractivity contribution in [2.45, 2.75) is 19.6 Å². The number of ether oxygens (including phenoxy) is 1. The van der Waals surface area contributed by atoms with Crippen molar-refractivity contribution in [2.75, 3.05) is 44.2 Å². The number of nitrogens with one attached hydrogen (secondary N) is 1. The third-order valence-electron chi connectivity index (χ3n) is 5.74. The van der Waals surface area contributed by atoms with Gasteiger partial charge in [-0.2, -0.15) is 4.98 Å². The molecule has 3 aromatic rings. The minimum absolute atomic E-state index is 0.0219. The number of anilines is 1. The van der Waals surface area contributed by atoms with Gasteiger partial charge in [0.05, 0.1) is 6.54 Å². The summed E-state index contributed by atoms with van der Waals surface area (Å²) < 4.78 is 8.67. The van der Waals surface area contributed by atoms with Crippen molar-refractivity contribution in [2.24, 2.45) is 7.05 Å². The predicted octanol–water partition coefficient (Wildman–Crippen LogP) is 0.659. The van der Waals surface area contributed by atoms with Crippen molar-refractivity contribution in [3.05, 3.63) is 50.1 Å². The fraction of sp³-hybridized carbons (Fsp3) is 0.476. The Hall–Kier alpha value is -2.82. The number of likely N-dealkylation sites (N-methyl/N-ethyl adjacent to an activating group) is 1. The number of imidazole rings is 1. The fourth-order valence-electron chi connectivity index (χ4n) is 3.89. The summed E-state index contributed by atoms with van der Waals surface area (Å²) in [6.45, 7) is 6.42. The number of benzene rings is 1. The van der Waals surface area contributed by atoms with Crippen LogP contribution >= 0.6 is 11.6 Å². The van der Waals surface area contributed by atoms with Gasteiger partial charge in [-0.1, -0.05) is 18.5 Å². The van der Waals surface area contributed by atoms with E-state index in [2.05, 4.69) is 26.7 Å². The normalized spacial score (nSPS) is 15.9. The maximum Gasteiger partial charge on any atom is 0.329 e. The highest BCUT2D eigenvalue weighted by Gasteiger charge is 2.25. The van der Waals surface area contributed by atoms with E-state index in [0.29, 0.717) is 16.7 Å². The molecule has 1 saturated heterocycles. The molecule has 2 aromatic heterocycles. The zero-order valence-electron chi connectivity index (χ0n) is 18.1. The molecule has 3 heterocycles. The monoisotopic (exact) mass is 462 g/mol. The molecule has 1 atom stereocenters. The van der Waals surface area contributed by atoms with Crippen LogP contribution in [0.5, 0.6) is 5.75 Å². The van der Waals surface area contributed by atoms with Gasteiger partial charge in [0, 0.05) is 38.2 Å². The van der Waals surface area contributed by atoms with Gasteiger partial charge in [-0.3, -0.25) is 14.3 Å². The van der Waals surface area contributed by atoms with Crippen LogP contribution in [0.3, 0.4) is 0 Å². The molecule has 11 heteroatoms. The molecule has 0 saturated carbocycles. The number of fused-ring (bicyclic) bond motifs is 1. The van der Waals surface area contributed by atoms with Crippen LogP contribution in [0.25, 0.3) is 11.2 Å². The summed E-state index contributed by atoms with van der Waals surface area (Å²) in [5.74, 6) is 1.15. The molecule has 172 valence electrons. The van der Waals surface area contributed by atoms with Gasteiger partial charge in [-0.05, 0) is 30.8 Å². The number of aryl methyl sites for hydroxylation is 1. The first-order valence-corrected chi connectivity index (χ1v) is 11.0. The van der Waals surface area contributed by atoms with Crippen molar-refractivity contribution in [3.8, 4) is 5.75 Å². The molecule has 0 spiro atoms. The van der Waals surface area contributed by atoms with Crippen LogP contribution in [0.1, 0.15) is 6.92 Å². The Balaban J connectivity index is 1.63. The molecular formula is C21H27ClN6O4. The Morgan fingerprint density at radius 1 is 1.19 bits per heavy atom. The molecule has 1 aromatic carbocycles. The second-order valence-corrected chi connectivity index (χ2v) is 8.29. The summed E-state index contributed by atoms with van der Waals surface area (Å²) in [5.41, 5.74) is -0.510. The summed E-state index contributed by atoms with van der Waals surface area (Å²) in [7, 11) is 1.57. The number of aliphatic hydroxyl groups excluding tert-OH is 1. The molecule has 1 aliphatic heterocycles. The molecule has 32 heavy (non-hydrogen) atoms. The number of hydrogen-bond acceptors (Lipinski definition) is 7. The van der Waals surface area contributed by atoms with Crippen LogP contribution < -0.4 is 20.9 Å². The number of nitrogens with zero attached hydrogens (tertiary/aromatic N) is 5. The highest BCUT2D eigenvalue weighted by molar-refractivity contribution is 6.30. The van der Waals surface area contributed by atoms with E-state index >= 15 is 0 Å². The van der Waals surface area contributed by atoms with Crippen LogP contribution in [0.2, 0.25) is 5.02 Å². The SMILES string of the molecule is CCN1CCN(c2nc3c(c(=O)[nH]c(=O)n3C)n2C[C@@H](O)COc2ccc(Cl)cc2)CC1. The quantitative estimate of drug-likeness (QED) is 0.531. The Labute approximate surface area is 189 Å². The minimum Gasteiger partial charge on any atom is -0.491 e. The van der Waals surface area contributed by atoms with E-state index in [1.165, 1.54) is 4.57 Å². The van der Waals surface area contributed by atoms with Gasteiger partial charge in [-0.25, -0.2) is 4.79 Å². The summed E-state index contributed by atoms with van der Waals surface area (Å²) >= 11 is 5.89. The minimum atomic E-state index is -0.907. The molecule has 0 amide bonds. The molecular weight excluding hydrogens is 436 g/mol. The lowest BCUT2D eigenvalue weighted by atomic mass is 10.3. The van der Waals surface area contributed by atoms with Crippen molar-refractivity contribution in [1.82, 2.24) is 24.0 Å². The number of aromatic amines is 1. The largest absolute Gasteiger partial charge is 0.491 e. The average Bonchev–Trinajstić information content (AvgIpc) is 3.17. The van der Waals surface area contributed by atoms with E-state index < -0.39 is 17.4 Å². The number of hydrogen-bond donors (Lipinski definition) is 2. The number of piperazine rings is 1. The highest BCUT2D eigenvalue weighted by atomic mass is 35.5. The van der Waals surface area contributed by atoms with Gasteiger partial charge in [-0.15, -0.1) is 0 Å². The molecule has 0 aliphatic carbocycles. The summed E-state index contributed by atoms with van der Waals surface area (Å²) in [6.07, 6.45) is -0.907. The molecule has 0 unspecified atom stereocenters. The number of aromatic nitrogens is 4. The lowest BCUT2D eigenvalue weighted by Gasteiger charge is -2.35. The van der Waals surface area contributed by atoms with E-state index in [-0.39, 0.29) is 24.3 Å². The first-order valence-electron chi connectivity index (χ1n) is 10.6. The third kappa shape index (κ3) is 4.52. The smallest absolute Gasteiger partial charge is 0.329 e. The lowest BCUT2D eigenvalue weighted by molar-refractivity contribution is 0.0935. The number of aliphatic hydroxyl groups is 1. The van der Waals surface area contributed by atoms with Crippen molar-refractivity contribution >= 4 is 28.7 Å². The van der Waals surface area contributed by atoms with Gasteiger partial charge in [0.15, 0.2) is 11.2 Å². The lowest BCUT2D eigenvalue weighted by Crippen LogP contribution is -2.47. The standard InChI is InChI=1S/C21H27ClN6O4/c1-3-26-8-10-27(11-9-26)20-23-18-17(19(30)24-21(31)25(18)2)28(20)12-15(29)13-32-16-6-4-14(22)5-7-16/h4-7,15,29H,3,8-13H2,1-2H3,(H,24,30,31)/t15-/m1/s1. The van der Waals surface area contributed by atoms with Gasteiger partial charge in [0.1, 0.15) is 18.5 Å². The topological polar surface area (TPSA) is 109 Å². The van der Waals surface area contributed by atoms with E-state index in [1.807, 2.05) is 0 Å². The summed E-state index contributed by atoms with van der Waals surface area (Å²) in [5, 5.41) is 11.3. The van der Waals surface area contributed by atoms with Crippen LogP contribution in [-0.2, 0) is 13.6 Å². The maximum absolute atomic E-state index is 12.7. The molecule has 4 rings (SSSR count). The highest BCUT2D eigenvalue weighted by Crippen LogP contribution is 2.22. The van der Waals surface area contributed by atoms with Crippen molar-refractivity contribution < 1.29 is 9.84 Å². The second kappa shape index (κ2) is 9.35.